The van der Waals surface area contributed by atoms with Crippen molar-refractivity contribution in [2.24, 2.45) is 0 Å². The van der Waals surface area contributed by atoms with Crippen molar-refractivity contribution in [2.45, 2.75) is 13.5 Å². The number of nitrogens with one attached hydrogen (secondary N) is 1. The second-order valence-corrected chi connectivity index (χ2v) is 7.31. The van der Waals surface area contributed by atoms with Gasteiger partial charge in [-0.05, 0) is 60.5 Å². The molecule has 0 fully saturated rings. The Morgan fingerprint density at radius 3 is 2.77 bits per heavy atom. The van der Waals surface area contributed by atoms with Crippen LogP contribution < -0.4 is 5.32 Å². The Bertz CT molecular complexity index is 1080. The van der Waals surface area contributed by atoms with Gasteiger partial charge in [0.05, 0.1) is 10.2 Å². The number of rotatable bonds is 4. The monoisotopic (exact) mass is 382 g/mol. The van der Waals surface area contributed by atoms with Crippen LogP contribution in [0.3, 0.4) is 0 Å². The molecular formula is C19H15ClN4OS. The summed E-state index contributed by atoms with van der Waals surface area (Å²) in [5.74, 6) is -0.159. The molecule has 0 saturated carbocycles. The highest BCUT2D eigenvalue weighted by Gasteiger charge is 2.09. The highest BCUT2D eigenvalue weighted by atomic mass is 35.5. The number of hydrogen-bond donors (Lipinski definition) is 1. The second-order valence-electron chi connectivity index (χ2n) is 5.94. The van der Waals surface area contributed by atoms with E-state index < -0.39 is 0 Å². The van der Waals surface area contributed by atoms with E-state index in [0.717, 1.165) is 21.8 Å². The normalized spacial score (nSPS) is 11.0. The topological polar surface area (TPSA) is 59.8 Å². The van der Waals surface area contributed by atoms with Crippen molar-refractivity contribution in [3.05, 3.63) is 65.7 Å². The lowest BCUT2D eigenvalue weighted by molar-refractivity contribution is -0.116. The highest BCUT2D eigenvalue weighted by molar-refractivity contribution is 7.21. The number of carbonyl (C=O) groups is 1. The van der Waals surface area contributed by atoms with E-state index in [2.05, 4.69) is 34.3 Å². The molecule has 7 heteroatoms. The number of thiazole rings is 1. The maximum absolute atomic E-state index is 12.1. The Balaban J connectivity index is 1.49. The Labute approximate surface area is 159 Å². The zero-order chi connectivity index (χ0) is 18.1. The number of imidazole rings is 1. The number of hydrogen-bond acceptors (Lipinski definition) is 4. The van der Waals surface area contributed by atoms with Crippen molar-refractivity contribution < 1.29 is 4.79 Å². The Hall–Kier alpha value is -2.70. The minimum absolute atomic E-state index is 0.123. The fourth-order valence-corrected chi connectivity index (χ4v) is 3.88. The van der Waals surface area contributed by atoms with Gasteiger partial charge >= 0.3 is 0 Å². The third-order valence-corrected chi connectivity index (χ3v) is 5.32. The molecule has 2 aromatic carbocycles. The van der Waals surface area contributed by atoms with E-state index in [9.17, 15) is 4.79 Å². The fourth-order valence-electron chi connectivity index (χ4n) is 2.64. The van der Waals surface area contributed by atoms with Crippen LogP contribution in [-0.2, 0) is 11.3 Å². The molecule has 4 aromatic rings. The Kier molecular flexibility index (Phi) is 4.44. The van der Waals surface area contributed by atoms with Crippen molar-refractivity contribution in [3.8, 4) is 10.6 Å². The van der Waals surface area contributed by atoms with E-state index in [1.807, 2.05) is 30.3 Å². The number of amides is 1. The number of aromatic nitrogens is 3. The van der Waals surface area contributed by atoms with Crippen molar-refractivity contribution in [3.63, 3.8) is 0 Å². The minimum atomic E-state index is -0.159. The number of benzene rings is 2. The number of anilines is 1. The van der Waals surface area contributed by atoms with Crippen LogP contribution in [0.5, 0.6) is 0 Å². The van der Waals surface area contributed by atoms with Gasteiger partial charge in [-0.3, -0.25) is 4.79 Å². The van der Waals surface area contributed by atoms with E-state index in [4.69, 9.17) is 11.6 Å². The maximum Gasteiger partial charge on any atom is 0.244 e. The van der Waals surface area contributed by atoms with Gasteiger partial charge in [-0.2, -0.15) is 0 Å². The molecule has 0 spiro atoms. The van der Waals surface area contributed by atoms with Gasteiger partial charge in [0.2, 0.25) is 11.2 Å². The minimum Gasteiger partial charge on any atom is -0.325 e. The average Bonchev–Trinajstić information content (AvgIpc) is 3.21. The molecule has 0 bridgehead atoms. The van der Waals surface area contributed by atoms with Gasteiger partial charge in [-0.25, -0.2) is 9.97 Å². The van der Waals surface area contributed by atoms with E-state index in [0.29, 0.717) is 5.28 Å². The molecule has 0 aliphatic carbocycles. The molecule has 1 amide bonds. The summed E-state index contributed by atoms with van der Waals surface area (Å²) in [7, 11) is 0. The van der Waals surface area contributed by atoms with Crippen LogP contribution in [0.4, 0.5) is 5.69 Å². The lowest BCUT2D eigenvalue weighted by Crippen LogP contribution is -2.18. The highest BCUT2D eigenvalue weighted by Crippen LogP contribution is 2.31. The van der Waals surface area contributed by atoms with Crippen molar-refractivity contribution >= 4 is 44.7 Å². The van der Waals surface area contributed by atoms with Crippen LogP contribution in [0.25, 0.3) is 20.8 Å². The largest absolute Gasteiger partial charge is 0.325 e. The van der Waals surface area contributed by atoms with Crippen LogP contribution in [0.15, 0.2) is 54.9 Å². The first-order chi connectivity index (χ1) is 12.6. The van der Waals surface area contributed by atoms with Gasteiger partial charge in [0.25, 0.3) is 0 Å². The quantitative estimate of drug-likeness (QED) is 0.553. The summed E-state index contributed by atoms with van der Waals surface area (Å²) in [5, 5.41) is 4.12. The van der Waals surface area contributed by atoms with E-state index in [1.165, 1.54) is 10.3 Å². The summed E-state index contributed by atoms with van der Waals surface area (Å²) in [4.78, 5) is 20.7. The zero-order valence-corrected chi connectivity index (χ0v) is 15.5. The van der Waals surface area contributed by atoms with Gasteiger partial charge in [0.15, 0.2) is 0 Å². The standard InChI is InChI=1S/C19H15ClN4OS/c1-12-2-7-15-16(10-12)26-18(23-15)13-3-5-14(6-4-13)22-17(25)11-24-9-8-21-19(24)20/h2-10H,11H2,1H3,(H,22,25). The molecule has 1 N–H and O–H groups in total. The summed E-state index contributed by atoms with van der Waals surface area (Å²) < 4.78 is 2.75. The molecule has 0 aliphatic heterocycles. The molecular weight excluding hydrogens is 368 g/mol. The first-order valence-electron chi connectivity index (χ1n) is 8.02. The molecule has 0 aliphatic rings. The third-order valence-electron chi connectivity index (χ3n) is 3.94. The van der Waals surface area contributed by atoms with Crippen LogP contribution >= 0.6 is 22.9 Å². The summed E-state index contributed by atoms with van der Waals surface area (Å²) in [5.41, 5.74) is 3.99. The number of halogens is 1. The van der Waals surface area contributed by atoms with Gasteiger partial charge in [-0.15, -0.1) is 11.3 Å². The van der Waals surface area contributed by atoms with Gasteiger partial charge in [0, 0.05) is 23.6 Å². The summed E-state index contributed by atoms with van der Waals surface area (Å²) in [6.45, 7) is 2.20. The zero-order valence-electron chi connectivity index (χ0n) is 13.9. The molecule has 26 heavy (non-hydrogen) atoms. The molecule has 2 aromatic heterocycles. The molecule has 130 valence electrons. The average molecular weight is 383 g/mol. The molecule has 0 saturated heterocycles. The molecule has 2 heterocycles. The summed E-state index contributed by atoms with van der Waals surface area (Å²) in [6, 6.07) is 13.9. The third kappa shape index (κ3) is 3.47. The molecule has 0 unspecified atom stereocenters. The lowest BCUT2D eigenvalue weighted by atomic mass is 10.2. The maximum atomic E-state index is 12.1. The SMILES string of the molecule is Cc1ccc2nc(-c3ccc(NC(=O)Cn4ccnc4Cl)cc3)sc2c1. The number of fused-ring (bicyclic) bond motifs is 1. The molecule has 4 rings (SSSR count). The Morgan fingerprint density at radius 1 is 1.23 bits per heavy atom. The van der Waals surface area contributed by atoms with Crippen LogP contribution in [-0.4, -0.2) is 20.4 Å². The van der Waals surface area contributed by atoms with Crippen molar-refractivity contribution in [1.82, 2.24) is 14.5 Å². The smallest absolute Gasteiger partial charge is 0.244 e. The lowest BCUT2D eigenvalue weighted by Gasteiger charge is -2.07. The number of carbonyl (C=O) groups excluding carboxylic acids is 1. The predicted octanol–water partition coefficient (Wildman–Crippen LogP) is 4.76. The number of nitrogens with zero attached hydrogens (tertiary/aromatic N) is 3. The van der Waals surface area contributed by atoms with Crippen LogP contribution in [0.1, 0.15) is 5.56 Å². The molecule has 0 atom stereocenters. The summed E-state index contributed by atoms with van der Waals surface area (Å²) in [6.07, 6.45) is 3.23. The summed E-state index contributed by atoms with van der Waals surface area (Å²) >= 11 is 7.55. The Morgan fingerprint density at radius 2 is 2.04 bits per heavy atom. The van der Waals surface area contributed by atoms with Gasteiger partial charge < -0.3 is 9.88 Å². The second kappa shape index (κ2) is 6.90. The van der Waals surface area contributed by atoms with Crippen LogP contribution in [0, 0.1) is 6.92 Å². The van der Waals surface area contributed by atoms with Crippen molar-refractivity contribution in [2.75, 3.05) is 5.32 Å². The molecule has 0 radical (unpaired) electrons. The van der Waals surface area contributed by atoms with Crippen molar-refractivity contribution in [1.29, 1.82) is 0 Å². The van der Waals surface area contributed by atoms with Gasteiger partial charge in [0.1, 0.15) is 11.6 Å². The number of aryl methyl sites for hydroxylation is 1. The first kappa shape index (κ1) is 16.8. The van der Waals surface area contributed by atoms with E-state index in [-0.39, 0.29) is 12.5 Å². The predicted molar refractivity (Wildman–Crippen MR) is 106 cm³/mol. The van der Waals surface area contributed by atoms with E-state index in [1.54, 1.807) is 28.3 Å². The first-order valence-corrected chi connectivity index (χ1v) is 9.22. The van der Waals surface area contributed by atoms with E-state index >= 15 is 0 Å². The van der Waals surface area contributed by atoms with Gasteiger partial charge in [-0.1, -0.05) is 6.07 Å². The molecule has 5 nitrogen and oxygen atoms in total. The fraction of sp³-hybridized carbons (Fsp3) is 0.105. The van der Waals surface area contributed by atoms with Crippen LogP contribution in [0.2, 0.25) is 5.28 Å².